The summed E-state index contributed by atoms with van der Waals surface area (Å²) in [6.07, 6.45) is -0.0329. The van der Waals surface area contributed by atoms with E-state index in [1.165, 1.54) is 12.1 Å². The van der Waals surface area contributed by atoms with Crippen LogP contribution in [-0.2, 0) is 19.2 Å². The maximum atomic E-state index is 13.6. The van der Waals surface area contributed by atoms with Crippen molar-refractivity contribution in [3.8, 4) is 23.0 Å². The number of amides is 2. The summed E-state index contributed by atoms with van der Waals surface area (Å²) >= 11 is 0. The molecule has 0 atom stereocenters. The number of nitrogens with zero attached hydrogens (tertiary/aromatic N) is 1. The number of halogens is 3. The Hall–Kier alpha value is -5.09. The Morgan fingerprint density at radius 1 is 0.863 bits per heavy atom. The predicted octanol–water partition coefficient (Wildman–Crippen LogP) is 3.63. The summed E-state index contributed by atoms with van der Waals surface area (Å²) in [5, 5.41) is 33.4. The Morgan fingerprint density at radius 3 is 1.80 bits per heavy atom. The van der Waals surface area contributed by atoms with Crippen molar-refractivity contribution in [3.63, 3.8) is 0 Å². The molecule has 2 aromatic carbocycles. The lowest BCUT2D eigenvalue weighted by molar-refractivity contribution is -0.192. The Morgan fingerprint density at radius 2 is 1.35 bits per heavy atom. The average Bonchev–Trinajstić information content (AvgIpc) is 3.08. The molecule has 2 amide bonds. The topological polar surface area (TPSA) is 201 Å². The molecule has 16 heteroatoms. The second-order valence-electron chi connectivity index (χ2n) is 11.1. The summed E-state index contributed by atoms with van der Waals surface area (Å²) in [5.41, 5.74) is 7.48. The van der Waals surface area contributed by atoms with Crippen molar-refractivity contribution in [3.05, 3.63) is 58.7 Å². The minimum Gasteiger partial charge on any atom is -0.504 e. The molecular formula is C35H45F3N4O9. The van der Waals surface area contributed by atoms with Gasteiger partial charge in [-0.1, -0.05) is 12.1 Å². The van der Waals surface area contributed by atoms with Gasteiger partial charge in [0.25, 0.3) is 0 Å². The number of nitrogens with one attached hydrogen (secondary N) is 2. The lowest BCUT2D eigenvalue weighted by Gasteiger charge is -2.30. The number of ketones is 1. The van der Waals surface area contributed by atoms with Gasteiger partial charge in [0.05, 0.1) is 13.2 Å². The number of hydrogen-bond donors (Lipinski definition) is 6. The first-order valence-electron chi connectivity index (χ1n) is 16.3. The number of carboxylic acids is 1. The third-order valence-electron chi connectivity index (χ3n) is 7.13. The van der Waals surface area contributed by atoms with Crippen LogP contribution in [0, 0.1) is 0 Å². The highest BCUT2D eigenvalue weighted by atomic mass is 19.4. The minimum atomic E-state index is -5.08. The van der Waals surface area contributed by atoms with Crippen LogP contribution < -0.4 is 25.8 Å². The van der Waals surface area contributed by atoms with Gasteiger partial charge in [-0.25, -0.2) is 4.79 Å². The van der Waals surface area contributed by atoms with Crippen molar-refractivity contribution < 1.29 is 57.1 Å². The van der Waals surface area contributed by atoms with E-state index in [0.717, 1.165) is 25.9 Å². The SMILES string of the molecule is CCOc1cc(/C=C2\CN(C(=O)CCC(=O)NCCCNCCCN)C/C(=C\c3ccc(O)c(OCC)c3)C2=O)ccc1O.O=C(O)C(F)(F)F. The molecule has 0 spiro atoms. The molecule has 0 unspecified atom stereocenters. The number of ether oxygens (including phenoxy) is 2. The monoisotopic (exact) mass is 722 g/mol. The average molecular weight is 723 g/mol. The van der Waals surface area contributed by atoms with Crippen molar-refractivity contribution in [1.29, 1.82) is 0 Å². The fraction of sp³-hybridized carbons (Fsp3) is 0.429. The van der Waals surface area contributed by atoms with Crippen LogP contribution >= 0.6 is 0 Å². The van der Waals surface area contributed by atoms with E-state index >= 15 is 0 Å². The van der Waals surface area contributed by atoms with Crippen molar-refractivity contribution in [1.82, 2.24) is 15.5 Å². The summed E-state index contributed by atoms with van der Waals surface area (Å²) in [7, 11) is 0. The maximum Gasteiger partial charge on any atom is 0.490 e. The summed E-state index contributed by atoms with van der Waals surface area (Å²) in [6.45, 7) is 7.20. The van der Waals surface area contributed by atoms with Crippen LogP contribution in [0.5, 0.6) is 23.0 Å². The largest absolute Gasteiger partial charge is 0.504 e. The molecule has 7 N–H and O–H groups in total. The van der Waals surface area contributed by atoms with Crippen molar-refractivity contribution >= 4 is 35.7 Å². The van der Waals surface area contributed by atoms with Crippen LogP contribution in [0.3, 0.4) is 0 Å². The number of nitrogens with two attached hydrogens (primary N) is 1. The van der Waals surface area contributed by atoms with Crippen molar-refractivity contribution in [2.45, 2.75) is 45.7 Å². The first-order chi connectivity index (χ1) is 24.2. The van der Waals surface area contributed by atoms with E-state index in [1.807, 2.05) is 0 Å². The molecule has 1 fully saturated rings. The highest BCUT2D eigenvalue weighted by Gasteiger charge is 2.38. The fourth-order valence-electron chi connectivity index (χ4n) is 4.66. The van der Waals surface area contributed by atoms with Crippen molar-refractivity contribution in [2.24, 2.45) is 5.73 Å². The lowest BCUT2D eigenvalue weighted by atomic mass is 9.93. The first kappa shape index (κ1) is 42.1. The number of carboxylic acid groups (broad SMARTS) is 1. The van der Waals surface area contributed by atoms with Crippen LogP contribution in [0.25, 0.3) is 12.2 Å². The highest BCUT2D eigenvalue weighted by Crippen LogP contribution is 2.31. The van der Waals surface area contributed by atoms with E-state index in [9.17, 15) is 37.8 Å². The van der Waals surface area contributed by atoms with E-state index in [2.05, 4.69) is 10.6 Å². The Balaban J connectivity index is 0.00000116. The second kappa shape index (κ2) is 21.2. The van der Waals surface area contributed by atoms with Gasteiger partial charge in [-0.05, 0) is 93.9 Å². The number of hydrogen-bond acceptors (Lipinski definition) is 10. The van der Waals surface area contributed by atoms with E-state index in [-0.39, 0.29) is 55.0 Å². The molecule has 1 aliphatic heterocycles. The van der Waals surface area contributed by atoms with E-state index in [0.29, 0.717) is 60.1 Å². The summed E-state index contributed by atoms with van der Waals surface area (Å²) in [5.74, 6) is -2.90. The molecule has 0 bridgehead atoms. The molecule has 2 aromatic rings. The third kappa shape index (κ3) is 14.7. The summed E-state index contributed by atoms with van der Waals surface area (Å²) < 4.78 is 42.7. The quantitative estimate of drug-likeness (QED) is 0.109. The second-order valence-corrected chi connectivity index (χ2v) is 11.1. The van der Waals surface area contributed by atoms with Gasteiger partial charge in [-0.3, -0.25) is 14.4 Å². The number of Topliss-reactive ketones (excluding diaryl/α,β-unsaturated/α-hetero) is 1. The van der Waals surface area contributed by atoms with Crippen LogP contribution in [0.4, 0.5) is 13.2 Å². The molecule has 0 aliphatic carbocycles. The molecule has 13 nitrogen and oxygen atoms in total. The number of rotatable bonds is 16. The van der Waals surface area contributed by atoms with Gasteiger partial charge in [0.2, 0.25) is 11.8 Å². The Kier molecular flexibility index (Phi) is 17.5. The molecule has 280 valence electrons. The zero-order valence-electron chi connectivity index (χ0n) is 28.6. The Bertz CT molecular complexity index is 1480. The zero-order valence-corrected chi connectivity index (χ0v) is 28.6. The third-order valence-corrected chi connectivity index (χ3v) is 7.13. The standard InChI is InChI=1S/C33H44N4O7.C2HF3O2/c1-3-43-29-19-23(7-9-27(29)38)17-25-21-37(32(41)12-11-31(40)36-16-6-15-35-14-5-13-34)22-26(33(25)42)18-24-8-10-28(39)30(20-24)44-4-2;3-2(4,5)1(6)7/h7-10,17-20,35,38-39H,3-6,11-16,21-22,34H2,1-2H3,(H,36,40);(H,6,7)/b25-17+,26-18+;. The van der Waals surface area contributed by atoms with E-state index < -0.39 is 12.1 Å². The lowest BCUT2D eigenvalue weighted by Crippen LogP contribution is -2.42. The number of aromatic hydroxyl groups is 2. The molecule has 1 saturated heterocycles. The summed E-state index contributed by atoms with van der Waals surface area (Å²) in [4.78, 5) is 49.8. The van der Waals surface area contributed by atoms with Crippen LogP contribution in [0.2, 0.25) is 0 Å². The number of phenols is 2. The van der Waals surface area contributed by atoms with Gasteiger partial charge < -0.3 is 46.1 Å². The number of likely N-dealkylation sites (tertiary alicyclic amines) is 1. The van der Waals surface area contributed by atoms with E-state index in [1.54, 1.807) is 55.2 Å². The van der Waals surface area contributed by atoms with Gasteiger partial charge in [0.15, 0.2) is 28.8 Å². The molecule has 3 rings (SSSR count). The number of alkyl halides is 3. The Labute approximate surface area is 293 Å². The number of aliphatic carboxylic acids is 1. The van der Waals surface area contributed by atoms with Crippen LogP contribution in [0.15, 0.2) is 47.5 Å². The normalized spacial score (nSPS) is 14.5. The zero-order chi connectivity index (χ0) is 38.0. The maximum absolute atomic E-state index is 13.6. The van der Waals surface area contributed by atoms with Crippen LogP contribution in [0.1, 0.15) is 50.7 Å². The van der Waals surface area contributed by atoms with Gasteiger partial charge in [-0.15, -0.1) is 0 Å². The van der Waals surface area contributed by atoms with Gasteiger partial charge >= 0.3 is 12.1 Å². The molecule has 0 aromatic heterocycles. The smallest absolute Gasteiger partial charge is 0.490 e. The molecule has 1 heterocycles. The predicted molar refractivity (Wildman–Crippen MR) is 183 cm³/mol. The highest BCUT2D eigenvalue weighted by molar-refractivity contribution is 6.15. The molecule has 0 saturated carbocycles. The van der Waals surface area contributed by atoms with Crippen molar-refractivity contribution in [2.75, 3.05) is 52.5 Å². The van der Waals surface area contributed by atoms with E-state index in [4.69, 9.17) is 25.1 Å². The summed E-state index contributed by atoms with van der Waals surface area (Å²) in [6, 6.07) is 9.57. The number of benzene rings is 2. The number of phenolic OH excluding ortho intramolecular Hbond substituents is 2. The number of carbonyl (C=O) groups excluding carboxylic acids is 3. The molecular weight excluding hydrogens is 677 g/mol. The molecule has 1 aliphatic rings. The molecule has 0 radical (unpaired) electrons. The van der Waals surface area contributed by atoms with Crippen LogP contribution in [-0.4, -0.2) is 102 Å². The first-order valence-corrected chi connectivity index (χ1v) is 16.3. The minimum absolute atomic E-state index is 0.00325. The molecule has 51 heavy (non-hydrogen) atoms. The fourth-order valence-corrected chi connectivity index (χ4v) is 4.66. The van der Waals surface area contributed by atoms with Gasteiger partial charge in [-0.2, -0.15) is 13.2 Å². The van der Waals surface area contributed by atoms with Gasteiger partial charge in [0, 0.05) is 43.6 Å². The number of carbonyl (C=O) groups is 4. The number of piperidine rings is 1. The van der Waals surface area contributed by atoms with Gasteiger partial charge in [0.1, 0.15) is 0 Å².